The molecule has 0 saturated carbocycles. The Kier molecular flexibility index (Phi) is 5.87. The van der Waals surface area contributed by atoms with Gasteiger partial charge >= 0.3 is 5.97 Å². The number of hydrogen-bond acceptors (Lipinski definition) is 8. The van der Waals surface area contributed by atoms with Crippen molar-refractivity contribution in [1.82, 2.24) is 10.1 Å². The molecule has 0 aliphatic rings. The highest BCUT2D eigenvalue weighted by Gasteiger charge is 2.14. The van der Waals surface area contributed by atoms with Crippen LogP contribution in [0.1, 0.15) is 17.9 Å². The summed E-state index contributed by atoms with van der Waals surface area (Å²) < 4.78 is 20.7. The zero-order chi connectivity index (χ0) is 19.9. The molecule has 8 heteroatoms. The number of aromatic nitrogens is 2. The van der Waals surface area contributed by atoms with Crippen LogP contribution in [0.4, 0.5) is 0 Å². The molecule has 0 radical (unpaired) electrons. The van der Waals surface area contributed by atoms with Gasteiger partial charge < -0.3 is 18.7 Å². The van der Waals surface area contributed by atoms with Crippen molar-refractivity contribution in [3.8, 4) is 34.7 Å². The third-order valence-corrected chi connectivity index (χ3v) is 3.88. The third kappa shape index (κ3) is 4.45. The number of benzene rings is 2. The van der Waals surface area contributed by atoms with E-state index in [4.69, 9.17) is 24.0 Å². The van der Waals surface area contributed by atoms with Gasteiger partial charge in [-0.2, -0.15) is 10.2 Å². The Hall–Kier alpha value is -3.86. The van der Waals surface area contributed by atoms with E-state index in [1.165, 1.54) is 19.2 Å². The van der Waals surface area contributed by atoms with Crippen molar-refractivity contribution in [2.24, 2.45) is 0 Å². The van der Waals surface area contributed by atoms with Crippen LogP contribution in [0.5, 0.6) is 17.2 Å². The molecule has 28 heavy (non-hydrogen) atoms. The van der Waals surface area contributed by atoms with Gasteiger partial charge in [0, 0.05) is 18.1 Å². The highest BCUT2D eigenvalue weighted by atomic mass is 16.6. The summed E-state index contributed by atoms with van der Waals surface area (Å²) in [5.74, 6) is 1.57. The Labute approximate surface area is 161 Å². The fourth-order valence-electron chi connectivity index (χ4n) is 2.42. The second kappa shape index (κ2) is 8.68. The number of esters is 1. The first-order chi connectivity index (χ1) is 13.6. The zero-order valence-electron chi connectivity index (χ0n) is 15.3. The van der Waals surface area contributed by atoms with E-state index in [2.05, 4.69) is 10.1 Å². The molecule has 142 valence electrons. The lowest BCUT2D eigenvalue weighted by Crippen LogP contribution is -2.10. The summed E-state index contributed by atoms with van der Waals surface area (Å²) in [6, 6.07) is 13.8. The Bertz CT molecular complexity index is 1010. The van der Waals surface area contributed by atoms with Crippen molar-refractivity contribution in [3.63, 3.8) is 0 Å². The minimum absolute atomic E-state index is 0.0490. The average molecular weight is 379 g/mol. The minimum atomic E-state index is -0.479. The van der Waals surface area contributed by atoms with Crippen molar-refractivity contribution >= 4 is 5.97 Å². The number of nitrogens with zero attached hydrogens (tertiary/aromatic N) is 3. The molecule has 0 unspecified atom stereocenters. The van der Waals surface area contributed by atoms with Crippen LogP contribution in [0.3, 0.4) is 0 Å². The summed E-state index contributed by atoms with van der Waals surface area (Å²) in [7, 11) is 3.03. The minimum Gasteiger partial charge on any atom is -0.497 e. The summed E-state index contributed by atoms with van der Waals surface area (Å²) in [5, 5.41) is 12.8. The monoisotopic (exact) mass is 379 g/mol. The van der Waals surface area contributed by atoms with Gasteiger partial charge in [0.05, 0.1) is 32.3 Å². The molecule has 0 aliphatic carbocycles. The quantitative estimate of drug-likeness (QED) is 0.455. The fourth-order valence-corrected chi connectivity index (χ4v) is 2.42. The van der Waals surface area contributed by atoms with Gasteiger partial charge in [-0.15, -0.1) is 0 Å². The maximum Gasteiger partial charge on any atom is 0.311 e. The average Bonchev–Trinajstić information content (AvgIpc) is 3.21. The van der Waals surface area contributed by atoms with Crippen LogP contribution in [-0.4, -0.2) is 30.3 Å². The molecule has 0 saturated heterocycles. The Morgan fingerprint density at radius 1 is 1.11 bits per heavy atom. The van der Waals surface area contributed by atoms with Gasteiger partial charge in [0.1, 0.15) is 5.75 Å². The molecular formula is C20H17N3O5. The molecule has 8 nitrogen and oxygen atoms in total. The molecule has 0 spiro atoms. The van der Waals surface area contributed by atoms with Crippen LogP contribution in [0, 0.1) is 11.3 Å². The van der Waals surface area contributed by atoms with Gasteiger partial charge in [-0.25, -0.2) is 0 Å². The van der Waals surface area contributed by atoms with E-state index < -0.39 is 5.97 Å². The van der Waals surface area contributed by atoms with Gasteiger partial charge in [-0.3, -0.25) is 4.79 Å². The lowest BCUT2D eigenvalue weighted by atomic mass is 10.2. The molecule has 1 heterocycles. The molecule has 0 fully saturated rings. The predicted molar refractivity (Wildman–Crippen MR) is 98.0 cm³/mol. The molecule has 0 atom stereocenters. The normalized spacial score (nSPS) is 10.2. The molecular weight excluding hydrogens is 362 g/mol. The van der Waals surface area contributed by atoms with Crippen LogP contribution >= 0.6 is 0 Å². The zero-order valence-corrected chi connectivity index (χ0v) is 15.3. The van der Waals surface area contributed by atoms with Crippen LogP contribution < -0.4 is 14.2 Å². The van der Waals surface area contributed by atoms with Crippen molar-refractivity contribution in [3.05, 3.63) is 53.9 Å². The Morgan fingerprint density at radius 3 is 2.57 bits per heavy atom. The first kappa shape index (κ1) is 18.9. The van der Waals surface area contributed by atoms with Gasteiger partial charge in [-0.05, 0) is 36.4 Å². The highest BCUT2D eigenvalue weighted by Crippen LogP contribution is 2.28. The van der Waals surface area contributed by atoms with E-state index in [0.717, 1.165) is 11.3 Å². The van der Waals surface area contributed by atoms with Gasteiger partial charge in [0.15, 0.2) is 11.5 Å². The molecule has 1 aromatic heterocycles. The largest absolute Gasteiger partial charge is 0.497 e. The summed E-state index contributed by atoms with van der Waals surface area (Å²) >= 11 is 0. The number of hydrogen-bond donors (Lipinski definition) is 0. The number of ether oxygens (including phenoxy) is 3. The van der Waals surface area contributed by atoms with Crippen molar-refractivity contribution < 1.29 is 23.5 Å². The fraction of sp³-hybridized carbons (Fsp3) is 0.200. The first-order valence-corrected chi connectivity index (χ1v) is 8.38. The maximum atomic E-state index is 12.1. The predicted octanol–water partition coefficient (Wildman–Crippen LogP) is 3.16. The van der Waals surface area contributed by atoms with Crippen LogP contribution in [0.2, 0.25) is 0 Å². The topological polar surface area (TPSA) is 107 Å². The highest BCUT2D eigenvalue weighted by molar-refractivity contribution is 5.73. The lowest BCUT2D eigenvalue weighted by molar-refractivity contribution is -0.134. The third-order valence-electron chi connectivity index (χ3n) is 3.88. The van der Waals surface area contributed by atoms with E-state index in [-0.39, 0.29) is 18.6 Å². The second-order valence-corrected chi connectivity index (χ2v) is 5.69. The SMILES string of the molecule is COc1ccc(-c2noc(CCC(=O)Oc3ccc(C#N)cc3OC)n2)cc1. The van der Waals surface area contributed by atoms with E-state index in [1.807, 2.05) is 18.2 Å². The Balaban J connectivity index is 1.59. The van der Waals surface area contributed by atoms with Crippen LogP contribution in [0.15, 0.2) is 47.0 Å². The summed E-state index contributed by atoms with van der Waals surface area (Å²) in [4.78, 5) is 16.4. The Morgan fingerprint density at radius 2 is 1.89 bits per heavy atom. The van der Waals surface area contributed by atoms with E-state index >= 15 is 0 Å². The maximum absolute atomic E-state index is 12.1. The molecule has 0 bridgehead atoms. The number of carbonyl (C=O) groups excluding carboxylic acids is 1. The number of aryl methyl sites for hydroxylation is 1. The van der Waals surface area contributed by atoms with E-state index in [0.29, 0.717) is 23.0 Å². The first-order valence-electron chi connectivity index (χ1n) is 8.38. The van der Waals surface area contributed by atoms with Gasteiger partial charge in [-0.1, -0.05) is 5.16 Å². The van der Waals surface area contributed by atoms with E-state index in [1.54, 1.807) is 25.3 Å². The van der Waals surface area contributed by atoms with Crippen molar-refractivity contribution in [2.75, 3.05) is 14.2 Å². The standard InChI is InChI=1S/C20H17N3O5/c1-25-15-6-4-14(5-7-15)20-22-18(28-23-20)9-10-19(24)27-16-8-3-13(12-21)11-17(16)26-2/h3-8,11H,9-10H2,1-2H3. The van der Waals surface area contributed by atoms with E-state index in [9.17, 15) is 4.79 Å². The number of carbonyl (C=O) groups is 1. The smallest absolute Gasteiger partial charge is 0.311 e. The van der Waals surface area contributed by atoms with Crippen molar-refractivity contribution in [2.45, 2.75) is 12.8 Å². The molecule has 0 amide bonds. The number of nitriles is 1. The number of methoxy groups -OCH3 is 2. The summed E-state index contributed by atoms with van der Waals surface area (Å²) in [6.07, 6.45) is 0.286. The van der Waals surface area contributed by atoms with Crippen LogP contribution in [0.25, 0.3) is 11.4 Å². The number of rotatable bonds is 7. The second-order valence-electron chi connectivity index (χ2n) is 5.69. The van der Waals surface area contributed by atoms with Gasteiger partial charge in [0.25, 0.3) is 0 Å². The van der Waals surface area contributed by atoms with Crippen molar-refractivity contribution in [1.29, 1.82) is 5.26 Å². The lowest BCUT2D eigenvalue weighted by Gasteiger charge is -2.08. The van der Waals surface area contributed by atoms with Gasteiger partial charge in [0.2, 0.25) is 11.7 Å². The molecule has 0 N–H and O–H groups in total. The molecule has 2 aromatic carbocycles. The summed E-state index contributed by atoms with van der Waals surface area (Å²) in [6.45, 7) is 0. The molecule has 3 rings (SSSR count). The molecule has 3 aromatic rings. The van der Waals surface area contributed by atoms with Crippen LogP contribution in [-0.2, 0) is 11.2 Å². The molecule has 0 aliphatic heterocycles. The summed E-state index contributed by atoms with van der Waals surface area (Å²) in [5.41, 5.74) is 1.19.